The van der Waals surface area contributed by atoms with Gasteiger partial charge < -0.3 is 15.1 Å². The van der Waals surface area contributed by atoms with Gasteiger partial charge in [0.25, 0.3) is 0 Å². The number of piperidine rings is 1. The molecule has 5 nitrogen and oxygen atoms in total. The maximum Gasteiger partial charge on any atom is 0.223 e. The van der Waals surface area contributed by atoms with Crippen LogP contribution in [0.5, 0.6) is 0 Å². The van der Waals surface area contributed by atoms with E-state index in [0.717, 1.165) is 51.1 Å². The van der Waals surface area contributed by atoms with Crippen molar-refractivity contribution in [2.24, 2.45) is 5.92 Å². The Morgan fingerprint density at radius 2 is 1.96 bits per heavy atom. The molecular formula is C20H27ClN4O. The molecule has 0 atom stereocenters. The molecule has 0 bridgehead atoms. The number of para-hydroxylation sites is 1. The molecule has 1 aromatic rings. The van der Waals surface area contributed by atoms with Crippen LogP contribution in [0.25, 0.3) is 0 Å². The highest BCUT2D eigenvalue weighted by Gasteiger charge is 2.27. The first-order valence-corrected chi connectivity index (χ1v) is 10.0. The number of nitrogens with one attached hydrogen (secondary N) is 1. The number of nitrogens with zero attached hydrogens (tertiary/aromatic N) is 3. The Morgan fingerprint density at radius 3 is 2.65 bits per heavy atom. The van der Waals surface area contributed by atoms with E-state index in [1.807, 2.05) is 6.07 Å². The predicted octanol–water partition coefficient (Wildman–Crippen LogP) is 3.03. The van der Waals surface area contributed by atoms with Gasteiger partial charge >= 0.3 is 0 Å². The van der Waals surface area contributed by atoms with Gasteiger partial charge in [-0.25, -0.2) is 0 Å². The van der Waals surface area contributed by atoms with E-state index in [2.05, 4.69) is 21.2 Å². The van der Waals surface area contributed by atoms with Crippen LogP contribution in [0.3, 0.4) is 0 Å². The molecule has 0 unspecified atom stereocenters. The lowest BCUT2D eigenvalue weighted by molar-refractivity contribution is -0.125. The zero-order chi connectivity index (χ0) is 18.4. The lowest BCUT2D eigenvalue weighted by Gasteiger charge is -2.34. The summed E-state index contributed by atoms with van der Waals surface area (Å²) in [6.07, 6.45) is 5.24. The number of likely N-dealkylation sites (tertiary alicyclic amines) is 1. The summed E-state index contributed by atoms with van der Waals surface area (Å²) < 4.78 is 0. The van der Waals surface area contributed by atoms with E-state index in [-0.39, 0.29) is 11.8 Å². The van der Waals surface area contributed by atoms with Gasteiger partial charge in [0.1, 0.15) is 6.07 Å². The first kappa shape index (κ1) is 19.0. The predicted molar refractivity (Wildman–Crippen MR) is 104 cm³/mol. The number of nitriles is 1. The molecule has 1 N–H and O–H groups in total. The summed E-state index contributed by atoms with van der Waals surface area (Å²) in [6, 6.07) is 7.62. The van der Waals surface area contributed by atoms with E-state index in [0.29, 0.717) is 10.6 Å². The number of carbonyl (C=O) groups is 1. The summed E-state index contributed by atoms with van der Waals surface area (Å²) in [6.45, 7) is 5.77. The maximum absolute atomic E-state index is 12.4. The molecule has 2 aliphatic rings. The highest BCUT2D eigenvalue weighted by Crippen LogP contribution is 2.32. The second kappa shape index (κ2) is 9.25. The Balaban J connectivity index is 1.43. The first-order chi connectivity index (χ1) is 12.7. The Bertz CT molecular complexity index is 658. The third-order valence-corrected chi connectivity index (χ3v) is 5.74. The molecule has 2 fully saturated rings. The zero-order valence-electron chi connectivity index (χ0n) is 15.2. The summed E-state index contributed by atoms with van der Waals surface area (Å²) in [5.74, 6) is 0.233. The van der Waals surface area contributed by atoms with Gasteiger partial charge in [0.15, 0.2) is 0 Å². The summed E-state index contributed by atoms with van der Waals surface area (Å²) in [4.78, 5) is 17.0. The number of anilines is 1. The van der Waals surface area contributed by atoms with Crippen LogP contribution in [-0.4, -0.2) is 50.1 Å². The van der Waals surface area contributed by atoms with Gasteiger partial charge in [-0.1, -0.05) is 17.7 Å². The summed E-state index contributed by atoms with van der Waals surface area (Å²) in [5.41, 5.74) is 1.41. The first-order valence-electron chi connectivity index (χ1n) is 9.62. The van der Waals surface area contributed by atoms with Gasteiger partial charge in [-0.2, -0.15) is 5.26 Å². The molecule has 2 aliphatic heterocycles. The van der Waals surface area contributed by atoms with E-state index in [4.69, 9.17) is 11.6 Å². The molecule has 0 radical (unpaired) electrons. The fourth-order valence-corrected chi connectivity index (χ4v) is 4.25. The molecule has 2 saturated heterocycles. The summed E-state index contributed by atoms with van der Waals surface area (Å²) in [7, 11) is 0. The SMILES string of the molecule is N#Cc1cccc(Cl)c1N1CCC(C(=O)NCCCN2CCCC2)CC1. The molecule has 1 amide bonds. The van der Waals surface area contributed by atoms with Crippen molar-refractivity contribution in [2.45, 2.75) is 32.1 Å². The second-order valence-corrected chi connectivity index (χ2v) is 7.61. The maximum atomic E-state index is 12.4. The quantitative estimate of drug-likeness (QED) is 0.777. The van der Waals surface area contributed by atoms with Crippen LogP contribution >= 0.6 is 11.6 Å². The van der Waals surface area contributed by atoms with Crippen molar-refractivity contribution >= 4 is 23.2 Å². The van der Waals surface area contributed by atoms with Crippen molar-refractivity contribution in [3.05, 3.63) is 28.8 Å². The average molecular weight is 375 g/mol. The third kappa shape index (κ3) is 4.69. The molecule has 0 saturated carbocycles. The van der Waals surface area contributed by atoms with Gasteiger partial charge in [-0.15, -0.1) is 0 Å². The second-order valence-electron chi connectivity index (χ2n) is 7.20. The summed E-state index contributed by atoms with van der Waals surface area (Å²) >= 11 is 6.30. The van der Waals surface area contributed by atoms with Crippen LogP contribution in [0.4, 0.5) is 5.69 Å². The third-order valence-electron chi connectivity index (χ3n) is 5.44. The molecular weight excluding hydrogens is 348 g/mol. The van der Waals surface area contributed by atoms with Crippen molar-refractivity contribution in [3.8, 4) is 6.07 Å². The van der Waals surface area contributed by atoms with Crippen molar-refractivity contribution in [1.82, 2.24) is 10.2 Å². The Labute approximate surface area is 160 Å². The molecule has 6 heteroatoms. The number of carbonyl (C=O) groups excluding carboxylic acids is 1. The monoisotopic (exact) mass is 374 g/mol. The van der Waals surface area contributed by atoms with Crippen LogP contribution < -0.4 is 10.2 Å². The average Bonchev–Trinajstić information content (AvgIpc) is 3.18. The lowest BCUT2D eigenvalue weighted by atomic mass is 9.95. The Kier molecular flexibility index (Phi) is 6.76. The van der Waals surface area contributed by atoms with E-state index < -0.39 is 0 Å². The number of hydrogen-bond acceptors (Lipinski definition) is 4. The standard InChI is InChI=1S/C20H27ClN4O/c21-18-6-3-5-17(15-22)19(18)25-13-7-16(8-14-25)20(26)23-9-4-12-24-10-1-2-11-24/h3,5-6,16H,1-2,4,7-14H2,(H,23,26). The Morgan fingerprint density at radius 1 is 1.23 bits per heavy atom. The van der Waals surface area contributed by atoms with Gasteiger partial charge in [-0.3, -0.25) is 4.79 Å². The molecule has 0 aromatic heterocycles. The summed E-state index contributed by atoms with van der Waals surface area (Å²) in [5, 5.41) is 13.0. The lowest BCUT2D eigenvalue weighted by Crippen LogP contribution is -2.41. The molecule has 2 heterocycles. The van der Waals surface area contributed by atoms with Crippen LogP contribution in [0.1, 0.15) is 37.7 Å². The van der Waals surface area contributed by atoms with E-state index in [1.165, 1.54) is 25.9 Å². The topological polar surface area (TPSA) is 59.4 Å². The number of hydrogen-bond donors (Lipinski definition) is 1. The van der Waals surface area contributed by atoms with Crippen LogP contribution in [0, 0.1) is 17.2 Å². The van der Waals surface area contributed by atoms with Crippen molar-refractivity contribution in [2.75, 3.05) is 44.2 Å². The number of amides is 1. The number of benzene rings is 1. The number of rotatable bonds is 6. The van der Waals surface area contributed by atoms with E-state index >= 15 is 0 Å². The molecule has 26 heavy (non-hydrogen) atoms. The normalized spacial score (nSPS) is 18.7. The molecule has 140 valence electrons. The van der Waals surface area contributed by atoms with Crippen LogP contribution in [0.2, 0.25) is 5.02 Å². The van der Waals surface area contributed by atoms with Gasteiger partial charge in [0.2, 0.25) is 5.91 Å². The highest BCUT2D eigenvalue weighted by molar-refractivity contribution is 6.33. The van der Waals surface area contributed by atoms with Gasteiger partial charge in [0, 0.05) is 25.6 Å². The minimum absolute atomic E-state index is 0.0612. The van der Waals surface area contributed by atoms with Gasteiger partial charge in [0.05, 0.1) is 16.3 Å². The van der Waals surface area contributed by atoms with Crippen LogP contribution in [0.15, 0.2) is 18.2 Å². The van der Waals surface area contributed by atoms with Crippen molar-refractivity contribution < 1.29 is 4.79 Å². The largest absolute Gasteiger partial charge is 0.369 e. The molecule has 1 aromatic carbocycles. The molecule has 0 aliphatic carbocycles. The van der Waals surface area contributed by atoms with Gasteiger partial charge in [-0.05, 0) is 63.9 Å². The minimum Gasteiger partial charge on any atom is -0.369 e. The zero-order valence-corrected chi connectivity index (χ0v) is 16.0. The number of halogens is 1. The van der Waals surface area contributed by atoms with E-state index in [1.54, 1.807) is 12.1 Å². The molecule has 3 rings (SSSR count). The highest BCUT2D eigenvalue weighted by atomic mass is 35.5. The van der Waals surface area contributed by atoms with Crippen LogP contribution in [-0.2, 0) is 4.79 Å². The van der Waals surface area contributed by atoms with Crippen molar-refractivity contribution in [1.29, 1.82) is 5.26 Å². The molecule has 0 spiro atoms. The van der Waals surface area contributed by atoms with E-state index in [9.17, 15) is 10.1 Å². The Hall–Kier alpha value is -1.77. The minimum atomic E-state index is 0.0612. The fourth-order valence-electron chi connectivity index (χ4n) is 3.96. The fraction of sp³-hybridized carbons (Fsp3) is 0.600. The smallest absolute Gasteiger partial charge is 0.223 e. The van der Waals surface area contributed by atoms with Crippen molar-refractivity contribution in [3.63, 3.8) is 0 Å².